The van der Waals surface area contributed by atoms with Gasteiger partial charge in [0.1, 0.15) is 5.75 Å². The highest BCUT2D eigenvalue weighted by Gasteiger charge is 2.33. The van der Waals surface area contributed by atoms with Crippen molar-refractivity contribution in [1.82, 2.24) is 10.2 Å². The SMILES string of the molecule is COc1c(C(=O)N[C@H]2CCN3CCC[C@@H]2C3)cc(Cl)c(N)c1Br. The van der Waals surface area contributed by atoms with Gasteiger partial charge in [0, 0.05) is 19.1 Å². The number of nitrogens with zero attached hydrogens (tertiary/aromatic N) is 1. The Labute approximate surface area is 149 Å². The summed E-state index contributed by atoms with van der Waals surface area (Å²) in [5.74, 6) is 0.791. The standard InChI is InChI=1S/C16H21BrClN3O2/c1-23-15-10(7-11(18)14(19)13(15)17)16(22)20-12-4-6-21-5-2-3-9(12)8-21/h7,9,12H,2-6,8,19H2,1H3,(H,20,22)/t9-,12+/m1/s1. The highest BCUT2D eigenvalue weighted by molar-refractivity contribution is 9.10. The molecule has 2 aliphatic heterocycles. The topological polar surface area (TPSA) is 67.6 Å². The Bertz CT molecular complexity index is 626. The number of anilines is 1. The van der Waals surface area contributed by atoms with Crippen molar-refractivity contribution in [3.63, 3.8) is 0 Å². The van der Waals surface area contributed by atoms with Gasteiger partial charge in [0.15, 0.2) is 0 Å². The van der Waals surface area contributed by atoms with Crippen LogP contribution in [0.4, 0.5) is 5.69 Å². The van der Waals surface area contributed by atoms with E-state index in [-0.39, 0.29) is 11.9 Å². The smallest absolute Gasteiger partial charge is 0.255 e. The number of hydrogen-bond donors (Lipinski definition) is 2. The zero-order valence-corrected chi connectivity index (χ0v) is 15.4. The fourth-order valence-corrected chi connectivity index (χ4v) is 4.51. The first-order valence-electron chi connectivity index (χ1n) is 7.86. The van der Waals surface area contributed by atoms with Gasteiger partial charge in [0.2, 0.25) is 0 Å². The Morgan fingerprint density at radius 2 is 2.26 bits per heavy atom. The summed E-state index contributed by atoms with van der Waals surface area (Å²) >= 11 is 9.48. The van der Waals surface area contributed by atoms with Crippen molar-refractivity contribution in [3.05, 3.63) is 21.1 Å². The third-order valence-electron chi connectivity index (χ3n) is 4.84. The molecule has 2 aliphatic rings. The summed E-state index contributed by atoms with van der Waals surface area (Å²) < 4.78 is 5.87. The van der Waals surface area contributed by atoms with E-state index in [0.29, 0.717) is 32.4 Å². The van der Waals surface area contributed by atoms with Crippen LogP contribution < -0.4 is 15.8 Å². The number of nitrogens with one attached hydrogen (secondary N) is 1. The van der Waals surface area contributed by atoms with Gasteiger partial charge in [-0.05, 0) is 53.7 Å². The highest BCUT2D eigenvalue weighted by Crippen LogP contribution is 2.39. The highest BCUT2D eigenvalue weighted by atomic mass is 79.9. The molecule has 2 fully saturated rings. The van der Waals surface area contributed by atoms with Crippen LogP contribution >= 0.6 is 27.5 Å². The van der Waals surface area contributed by atoms with E-state index in [1.165, 1.54) is 26.5 Å². The maximum atomic E-state index is 12.7. The van der Waals surface area contributed by atoms with Gasteiger partial charge in [-0.15, -0.1) is 0 Å². The molecular formula is C16H21BrClN3O2. The quantitative estimate of drug-likeness (QED) is 0.763. The van der Waals surface area contributed by atoms with Gasteiger partial charge in [-0.3, -0.25) is 4.79 Å². The second kappa shape index (κ2) is 6.87. The molecule has 2 saturated heterocycles. The number of nitrogen functional groups attached to an aromatic ring is 1. The minimum Gasteiger partial charge on any atom is -0.495 e. The number of methoxy groups -OCH3 is 1. The lowest BCUT2D eigenvalue weighted by molar-refractivity contribution is 0.0737. The molecule has 1 aromatic carbocycles. The van der Waals surface area contributed by atoms with E-state index >= 15 is 0 Å². The summed E-state index contributed by atoms with van der Waals surface area (Å²) in [6.45, 7) is 3.31. The molecule has 2 bridgehead atoms. The van der Waals surface area contributed by atoms with Crippen molar-refractivity contribution in [2.45, 2.75) is 25.3 Å². The van der Waals surface area contributed by atoms with Crippen LogP contribution in [0.15, 0.2) is 10.5 Å². The second-order valence-corrected chi connectivity index (χ2v) is 7.44. The van der Waals surface area contributed by atoms with E-state index in [2.05, 4.69) is 26.1 Å². The fourth-order valence-electron chi connectivity index (χ4n) is 3.60. The van der Waals surface area contributed by atoms with Crippen molar-refractivity contribution >= 4 is 39.1 Å². The first-order valence-corrected chi connectivity index (χ1v) is 9.03. The van der Waals surface area contributed by atoms with Crippen LogP contribution in [0, 0.1) is 5.92 Å². The third-order valence-corrected chi connectivity index (χ3v) is 5.94. The molecule has 1 amide bonds. The van der Waals surface area contributed by atoms with Gasteiger partial charge in [-0.2, -0.15) is 0 Å². The lowest BCUT2D eigenvalue weighted by Crippen LogP contribution is -2.53. The van der Waals surface area contributed by atoms with Gasteiger partial charge in [-0.1, -0.05) is 11.6 Å². The number of nitrogens with two attached hydrogens (primary N) is 1. The van der Waals surface area contributed by atoms with E-state index < -0.39 is 0 Å². The van der Waals surface area contributed by atoms with Crippen LogP contribution in [0.3, 0.4) is 0 Å². The van der Waals surface area contributed by atoms with Crippen LogP contribution in [0.25, 0.3) is 0 Å². The van der Waals surface area contributed by atoms with E-state index in [1.54, 1.807) is 6.07 Å². The Morgan fingerprint density at radius 3 is 3.00 bits per heavy atom. The summed E-state index contributed by atoms with van der Waals surface area (Å²) in [5.41, 5.74) is 6.67. The van der Waals surface area contributed by atoms with Crippen molar-refractivity contribution in [1.29, 1.82) is 0 Å². The first-order chi connectivity index (χ1) is 11.0. The van der Waals surface area contributed by atoms with Crippen molar-refractivity contribution in [2.75, 3.05) is 32.5 Å². The second-order valence-electron chi connectivity index (χ2n) is 6.24. The number of piperidine rings is 2. The number of amides is 1. The number of carbonyl (C=O) groups excluding carboxylic acids is 1. The monoisotopic (exact) mass is 401 g/mol. The average molecular weight is 403 g/mol. The Balaban J connectivity index is 1.81. The van der Waals surface area contributed by atoms with Gasteiger partial charge >= 0.3 is 0 Å². The molecular weight excluding hydrogens is 382 g/mol. The zero-order chi connectivity index (χ0) is 16.6. The van der Waals surface area contributed by atoms with Crippen LogP contribution in [0.2, 0.25) is 5.02 Å². The Kier molecular flexibility index (Phi) is 5.04. The number of rotatable bonds is 3. The van der Waals surface area contributed by atoms with E-state index in [9.17, 15) is 4.79 Å². The normalized spacial score (nSPS) is 26.7. The van der Waals surface area contributed by atoms with Crippen LogP contribution in [-0.2, 0) is 0 Å². The van der Waals surface area contributed by atoms with Gasteiger partial charge in [0.25, 0.3) is 5.91 Å². The molecule has 2 heterocycles. The molecule has 1 unspecified atom stereocenters. The number of carbonyl (C=O) groups is 1. The predicted molar refractivity (Wildman–Crippen MR) is 95.2 cm³/mol. The van der Waals surface area contributed by atoms with E-state index in [0.717, 1.165) is 19.5 Å². The molecule has 0 aliphatic carbocycles. The molecule has 0 saturated carbocycles. The number of halogens is 2. The van der Waals surface area contributed by atoms with Gasteiger partial charge in [0.05, 0.1) is 27.9 Å². The number of hydrogen-bond acceptors (Lipinski definition) is 4. The molecule has 3 rings (SSSR count). The van der Waals surface area contributed by atoms with Crippen molar-refractivity contribution in [3.8, 4) is 5.75 Å². The van der Waals surface area contributed by atoms with E-state index in [4.69, 9.17) is 22.1 Å². The zero-order valence-electron chi connectivity index (χ0n) is 13.1. The maximum absolute atomic E-state index is 12.7. The van der Waals surface area contributed by atoms with Gasteiger partial charge in [-0.25, -0.2) is 0 Å². The van der Waals surface area contributed by atoms with Crippen molar-refractivity contribution in [2.24, 2.45) is 5.92 Å². The molecule has 126 valence electrons. The van der Waals surface area contributed by atoms with Gasteiger partial charge < -0.3 is 20.7 Å². The summed E-state index contributed by atoms with van der Waals surface area (Å²) in [4.78, 5) is 15.2. The minimum absolute atomic E-state index is 0.159. The molecule has 1 aromatic rings. The molecule has 0 aromatic heterocycles. The lowest BCUT2D eigenvalue weighted by Gasteiger charge is -2.42. The molecule has 0 radical (unpaired) electrons. The first kappa shape index (κ1) is 16.9. The van der Waals surface area contributed by atoms with E-state index in [1.807, 2.05) is 0 Å². The van der Waals surface area contributed by atoms with Crippen molar-refractivity contribution < 1.29 is 9.53 Å². The molecule has 7 heteroatoms. The largest absolute Gasteiger partial charge is 0.495 e. The molecule has 0 spiro atoms. The number of fused-ring (bicyclic) bond motifs is 2. The summed E-state index contributed by atoms with van der Waals surface area (Å²) in [7, 11) is 1.52. The summed E-state index contributed by atoms with van der Waals surface area (Å²) in [5, 5.41) is 3.52. The number of benzene rings is 1. The summed E-state index contributed by atoms with van der Waals surface area (Å²) in [6.07, 6.45) is 3.37. The fraction of sp³-hybridized carbons (Fsp3) is 0.562. The van der Waals surface area contributed by atoms with Crippen LogP contribution in [-0.4, -0.2) is 43.6 Å². The molecule has 3 N–H and O–H groups in total. The lowest BCUT2D eigenvalue weighted by atomic mass is 9.85. The molecule has 5 nitrogen and oxygen atoms in total. The molecule has 3 atom stereocenters. The predicted octanol–water partition coefficient (Wildman–Crippen LogP) is 2.91. The Morgan fingerprint density at radius 1 is 1.48 bits per heavy atom. The Hall–Kier alpha value is -0.980. The number of ether oxygens (including phenoxy) is 1. The van der Waals surface area contributed by atoms with Crippen LogP contribution in [0.5, 0.6) is 5.75 Å². The van der Waals surface area contributed by atoms with Crippen LogP contribution in [0.1, 0.15) is 29.6 Å². The minimum atomic E-state index is -0.159. The molecule has 23 heavy (non-hydrogen) atoms. The summed E-state index contributed by atoms with van der Waals surface area (Å²) in [6, 6.07) is 1.78. The maximum Gasteiger partial charge on any atom is 0.255 e. The third kappa shape index (κ3) is 3.30. The average Bonchev–Trinajstić information content (AvgIpc) is 2.55.